The standard InChI is InChI=1S/C57H95N13O15/c1-12-30(6)43(54(81)66-41(28-72)53(80)70-46-34(10)85-57(84)45(32(8)14-3)69-48(75)36(21-18-24-58)62-47(74)33(9)61-56(46)83)68-55(82)44(31(7)13-2)67-49(76)37(22-23-42(59)73)63-52(79)40(27-71)65-51(78)39(25-29(4)5)64-50(77)38(60-11)26-35-19-16-15-17-20-35/h15-17,19-20,29-34,36-41,43-46,60,71-72H,12-14,18,21-28,58H2,1-11H3,(H2,59,73)(H,61,83)(H,62,74)(H,63,79)(H,64,77)(H,65,78)(H,66,81)(H,67,76)(H,68,82)(H,69,75)(H,70,80)/t30-,31-,32-,33-,34-,36?,37+,38+,39-,40-,41-,43-,44+,45-,46+/m0/s1. The molecule has 0 saturated carbocycles. The lowest BCUT2D eigenvalue weighted by Gasteiger charge is -2.31. The van der Waals surface area contributed by atoms with Crippen molar-refractivity contribution in [3.63, 3.8) is 0 Å². The number of benzene rings is 1. The molecule has 0 aliphatic carbocycles. The van der Waals surface area contributed by atoms with Crippen LogP contribution in [0, 0.1) is 23.7 Å². The second kappa shape index (κ2) is 37.2. The number of cyclic esters (lactones) is 1. The summed E-state index contributed by atoms with van der Waals surface area (Å²) in [4.78, 5) is 164. The molecule has 2 rings (SSSR count). The number of nitrogens with one attached hydrogen (secondary N) is 11. The molecule has 1 aromatic rings. The van der Waals surface area contributed by atoms with Gasteiger partial charge < -0.3 is 84.9 Å². The van der Waals surface area contributed by atoms with Crippen LogP contribution in [-0.2, 0) is 68.7 Å². The Kier molecular flexibility index (Phi) is 32.3. The Balaban J connectivity index is 2.40. The normalized spacial score (nSPS) is 21.1. The van der Waals surface area contributed by atoms with Crippen LogP contribution in [0.15, 0.2) is 30.3 Å². The van der Waals surface area contributed by atoms with Crippen LogP contribution in [0.25, 0.3) is 0 Å². The zero-order chi connectivity index (χ0) is 64.2. The van der Waals surface area contributed by atoms with Crippen LogP contribution in [0.4, 0.5) is 0 Å². The van der Waals surface area contributed by atoms with E-state index in [1.807, 2.05) is 44.2 Å². The van der Waals surface area contributed by atoms with E-state index in [0.29, 0.717) is 19.3 Å². The average molecular weight is 1200 g/mol. The summed E-state index contributed by atoms with van der Waals surface area (Å²) in [7, 11) is 1.60. The molecule has 11 amide bonds. The van der Waals surface area contributed by atoms with E-state index in [1.165, 1.54) is 13.8 Å². The monoisotopic (exact) mass is 1200 g/mol. The smallest absolute Gasteiger partial charge is 0.329 e. The molecular weight excluding hydrogens is 1110 g/mol. The first-order chi connectivity index (χ1) is 40.1. The van der Waals surface area contributed by atoms with Crippen molar-refractivity contribution in [3.05, 3.63) is 35.9 Å². The lowest BCUT2D eigenvalue weighted by atomic mass is 9.94. The fourth-order valence-electron chi connectivity index (χ4n) is 8.96. The van der Waals surface area contributed by atoms with Crippen LogP contribution < -0.4 is 70.0 Å². The lowest BCUT2D eigenvalue weighted by molar-refractivity contribution is -0.157. The maximum absolute atomic E-state index is 14.4. The zero-order valence-electron chi connectivity index (χ0n) is 51.0. The van der Waals surface area contributed by atoms with Crippen molar-refractivity contribution in [3.8, 4) is 0 Å². The summed E-state index contributed by atoms with van der Waals surface area (Å²) < 4.78 is 5.69. The van der Waals surface area contributed by atoms with Gasteiger partial charge in [-0.05, 0) is 88.8 Å². The molecule has 15 atom stereocenters. The third-order valence-electron chi connectivity index (χ3n) is 15.0. The molecule has 17 N–H and O–H groups in total. The molecular formula is C57H95N13O15. The van der Waals surface area contributed by atoms with E-state index in [4.69, 9.17) is 16.2 Å². The summed E-state index contributed by atoms with van der Waals surface area (Å²) in [6, 6.07) is -6.12. The van der Waals surface area contributed by atoms with Gasteiger partial charge in [0.25, 0.3) is 0 Å². The third kappa shape index (κ3) is 23.9. The van der Waals surface area contributed by atoms with Crippen LogP contribution in [0.2, 0.25) is 0 Å². The van der Waals surface area contributed by atoms with Gasteiger partial charge in [-0.2, -0.15) is 0 Å². The van der Waals surface area contributed by atoms with E-state index >= 15 is 0 Å². The number of rotatable bonds is 33. The largest absolute Gasteiger partial charge is 0.458 e. The van der Waals surface area contributed by atoms with Gasteiger partial charge in [0.05, 0.1) is 19.3 Å². The Hall–Kier alpha value is -7.30. The maximum Gasteiger partial charge on any atom is 0.329 e. The second-order valence-corrected chi connectivity index (χ2v) is 22.2. The van der Waals surface area contributed by atoms with Gasteiger partial charge in [0.15, 0.2) is 0 Å². The molecule has 1 aliphatic rings. The number of esters is 1. The third-order valence-corrected chi connectivity index (χ3v) is 15.0. The van der Waals surface area contributed by atoms with Crippen molar-refractivity contribution in [2.75, 3.05) is 26.8 Å². The first-order valence-electron chi connectivity index (χ1n) is 29.3. The van der Waals surface area contributed by atoms with Crippen molar-refractivity contribution in [1.82, 2.24) is 58.5 Å². The topological polar surface area (TPSA) is 439 Å². The van der Waals surface area contributed by atoms with Gasteiger partial charge in [-0.15, -0.1) is 0 Å². The molecule has 1 aliphatic heterocycles. The van der Waals surface area contributed by atoms with Crippen molar-refractivity contribution in [1.29, 1.82) is 0 Å². The molecule has 85 heavy (non-hydrogen) atoms. The summed E-state index contributed by atoms with van der Waals surface area (Å²) in [6.45, 7) is 14.5. The number of aliphatic hydroxyl groups excluding tert-OH is 2. The number of nitrogens with two attached hydrogens (primary N) is 2. The molecule has 1 heterocycles. The number of hydrogen-bond acceptors (Lipinski definition) is 17. The predicted octanol–water partition coefficient (Wildman–Crippen LogP) is -3.20. The highest BCUT2D eigenvalue weighted by atomic mass is 16.5. The molecule has 1 aromatic carbocycles. The number of ether oxygens (including phenoxy) is 1. The summed E-state index contributed by atoms with van der Waals surface area (Å²) in [6.07, 6.45) is -0.521. The van der Waals surface area contributed by atoms with Crippen LogP contribution in [-0.4, -0.2) is 181 Å². The Bertz CT molecular complexity index is 2420. The van der Waals surface area contributed by atoms with E-state index in [-0.39, 0.29) is 38.1 Å². The Morgan fingerprint density at radius 3 is 1.66 bits per heavy atom. The summed E-state index contributed by atoms with van der Waals surface area (Å²) in [5, 5.41) is 49.2. The van der Waals surface area contributed by atoms with Gasteiger partial charge in [0.1, 0.15) is 66.5 Å². The van der Waals surface area contributed by atoms with Gasteiger partial charge in [-0.3, -0.25) is 52.7 Å². The highest BCUT2D eigenvalue weighted by Gasteiger charge is 2.41. The molecule has 478 valence electrons. The predicted molar refractivity (Wildman–Crippen MR) is 312 cm³/mol. The molecule has 1 saturated heterocycles. The first kappa shape index (κ1) is 73.8. The van der Waals surface area contributed by atoms with Crippen LogP contribution >= 0.6 is 0 Å². The minimum Gasteiger partial charge on any atom is -0.458 e. The van der Waals surface area contributed by atoms with E-state index in [0.717, 1.165) is 5.56 Å². The summed E-state index contributed by atoms with van der Waals surface area (Å²) in [5.74, 6) is -12.7. The molecule has 1 unspecified atom stereocenters. The average Bonchev–Trinajstić information content (AvgIpc) is 3.59. The van der Waals surface area contributed by atoms with Crippen molar-refractivity contribution < 1.29 is 72.5 Å². The van der Waals surface area contributed by atoms with Crippen LogP contribution in [0.5, 0.6) is 0 Å². The molecule has 0 spiro atoms. The van der Waals surface area contributed by atoms with Gasteiger partial charge in [0.2, 0.25) is 65.0 Å². The zero-order valence-corrected chi connectivity index (χ0v) is 51.0. The Morgan fingerprint density at radius 1 is 0.624 bits per heavy atom. The lowest BCUT2D eigenvalue weighted by Crippen LogP contribution is -2.63. The number of aliphatic hydroxyl groups is 2. The quantitative estimate of drug-likeness (QED) is 0.0308. The van der Waals surface area contributed by atoms with E-state index < -0.39 is 187 Å². The van der Waals surface area contributed by atoms with Crippen molar-refractivity contribution >= 4 is 70.9 Å². The molecule has 1 fully saturated rings. The van der Waals surface area contributed by atoms with Gasteiger partial charge in [0, 0.05) is 6.42 Å². The summed E-state index contributed by atoms with van der Waals surface area (Å²) >= 11 is 0. The molecule has 0 aromatic heterocycles. The van der Waals surface area contributed by atoms with E-state index in [2.05, 4.69) is 58.5 Å². The number of carbonyl (C=O) groups is 12. The fraction of sp³-hybridized carbons (Fsp3) is 0.684. The fourth-order valence-corrected chi connectivity index (χ4v) is 8.96. The SMILES string of the molecule is CC[C@H](C)[C@H](NC(=O)[C@H](NC(=O)[C@@H](CCC(N)=O)NC(=O)[C@H](CO)NC(=O)[C@H](CC(C)C)NC(=O)[C@@H](Cc1ccccc1)NC)[C@@H](C)CC)C(=O)N[C@@H](CO)C(=O)N[C@H]1C(=O)N[C@@H](C)C(=O)NC(CCCN)C(=O)N[C@@H]([C@@H](C)CC)C(=O)O[C@H]1C. The number of carbonyl (C=O) groups excluding carboxylic acids is 12. The minimum absolute atomic E-state index is 0.107. The molecule has 28 nitrogen and oxygen atoms in total. The van der Waals surface area contributed by atoms with Gasteiger partial charge in [-0.1, -0.05) is 105 Å². The van der Waals surface area contributed by atoms with E-state index in [1.54, 1.807) is 48.6 Å². The Labute approximate surface area is 497 Å². The number of hydrogen-bond donors (Lipinski definition) is 15. The van der Waals surface area contributed by atoms with E-state index in [9.17, 15) is 67.7 Å². The molecule has 28 heteroatoms. The molecule has 0 bridgehead atoms. The number of amides is 11. The van der Waals surface area contributed by atoms with Gasteiger partial charge >= 0.3 is 5.97 Å². The van der Waals surface area contributed by atoms with Crippen LogP contribution in [0.1, 0.15) is 126 Å². The van der Waals surface area contributed by atoms with Crippen molar-refractivity contribution in [2.24, 2.45) is 35.1 Å². The van der Waals surface area contributed by atoms with Gasteiger partial charge in [-0.25, -0.2) is 4.79 Å². The first-order valence-corrected chi connectivity index (χ1v) is 29.3. The number of primary amides is 1. The molecule has 0 radical (unpaired) electrons. The maximum atomic E-state index is 14.4. The van der Waals surface area contributed by atoms with Crippen LogP contribution in [0.3, 0.4) is 0 Å². The highest BCUT2D eigenvalue weighted by molar-refractivity contribution is 5.99. The second-order valence-electron chi connectivity index (χ2n) is 22.2. The minimum atomic E-state index is -1.81. The summed E-state index contributed by atoms with van der Waals surface area (Å²) in [5.41, 5.74) is 12.0. The number of likely N-dealkylation sites (N-methyl/N-ethyl adjacent to an activating group) is 1. The Morgan fingerprint density at radius 2 is 1.13 bits per heavy atom. The highest BCUT2D eigenvalue weighted by Crippen LogP contribution is 2.17. The van der Waals surface area contributed by atoms with Crippen molar-refractivity contribution in [2.45, 2.75) is 200 Å².